The molecule has 2 nitrogen and oxygen atoms in total. The van der Waals surface area contributed by atoms with Gasteiger partial charge in [-0.25, -0.2) is 4.98 Å². The zero-order chi connectivity index (χ0) is 15.8. The van der Waals surface area contributed by atoms with Crippen molar-refractivity contribution in [2.45, 2.75) is 29.9 Å². The Bertz CT molecular complexity index is 545. The van der Waals surface area contributed by atoms with E-state index in [1.807, 2.05) is 43.6 Å². The minimum absolute atomic E-state index is 1.10. The van der Waals surface area contributed by atoms with E-state index in [9.17, 15) is 0 Å². The van der Waals surface area contributed by atoms with E-state index in [1.165, 1.54) is 22.9 Å². The number of thiazole rings is 1. The third-order valence-corrected chi connectivity index (χ3v) is 15.6. The molecule has 0 spiro atoms. The molecule has 9 heteroatoms. The van der Waals surface area contributed by atoms with Crippen LogP contribution in [0.5, 0.6) is 0 Å². The second-order valence-electron chi connectivity index (χ2n) is 5.12. The lowest BCUT2D eigenvalue weighted by Crippen LogP contribution is -2.28. The van der Waals surface area contributed by atoms with E-state index < -0.39 is 8.32 Å². The molecule has 2 aromatic rings. The first-order valence-electron chi connectivity index (χ1n) is 6.81. The van der Waals surface area contributed by atoms with Gasteiger partial charge in [-0.15, -0.1) is 11.3 Å². The highest BCUT2D eigenvalue weighted by Gasteiger charge is 2.19. The quantitative estimate of drug-likeness (QED) is 0.225. The van der Waals surface area contributed by atoms with E-state index >= 15 is 0 Å². The lowest BCUT2D eigenvalue weighted by molar-refractivity contribution is 0.403. The van der Waals surface area contributed by atoms with Crippen LogP contribution in [0, 0.1) is 0 Å². The molecule has 0 atom stereocenters. The maximum Gasteiger partial charge on any atom is 0.186 e. The second kappa shape index (κ2) is 10.1. The minimum Gasteiger partial charge on any atom is -0.420 e. The average molecular weight is 426 g/mol. The summed E-state index contributed by atoms with van der Waals surface area (Å²) in [4.78, 5) is 4.62. The van der Waals surface area contributed by atoms with E-state index in [4.69, 9.17) is 4.43 Å². The first-order valence-corrected chi connectivity index (χ1v) is 17.1. The maximum atomic E-state index is 5.56. The summed E-state index contributed by atoms with van der Waals surface area (Å²) in [6, 6.07) is 9.55. The Morgan fingerprint density at radius 3 is 2.77 bits per heavy atom. The summed E-state index contributed by atoms with van der Waals surface area (Å²) < 4.78 is 7.96. The summed E-state index contributed by atoms with van der Waals surface area (Å²) in [5, 5.41) is 0. The van der Waals surface area contributed by atoms with Crippen molar-refractivity contribution < 1.29 is 4.43 Å². The van der Waals surface area contributed by atoms with Crippen molar-refractivity contribution in [3.8, 4) is 0 Å². The van der Waals surface area contributed by atoms with Gasteiger partial charge in [0.2, 0.25) is 0 Å². The number of aromatic nitrogens is 1. The van der Waals surface area contributed by atoms with Gasteiger partial charge in [-0.2, -0.15) is 0 Å². The van der Waals surface area contributed by atoms with Gasteiger partial charge in [0.25, 0.3) is 0 Å². The van der Waals surface area contributed by atoms with E-state index in [0.717, 1.165) is 9.86 Å². The SMILES string of the molecule is CO[Si](C)(C)CCCSSSSSc1nc2ccccc2s1. The molecule has 0 saturated carbocycles. The van der Waals surface area contributed by atoms with E-state index in [1.54, 1.807) is 32.0 Å². The number of benzene rings is 1. The van der Waals surface area contributed by atoms with E-state index in [0.29, 0.717) is 0 Å². The van der Waals surface area contributed by atoms with Crippen molar-refractivity contribution in [2.75, 3.05) is 12.9 Å². The van der Waals surface area contributed by atoms with Crippen LogP contribution in [0.1, 0.15) is 6.42 Å². The van der Waals surface area contributed by atoms with Gasteiger partial charge in [0, 0.05) is 12.9 Å². The Hall–Kier alpha value is 1.04. The number of nitrogens with zero attached hydrogens (tertiary/aromatic N) is 1. The number of para-hydroxylation sites is 1. The van der Waals surface area contributed by atoms with Gasteiger partial charge in [0.05, 0.1) is 10.2 Å². The van der Waals surface area contributed by atoms with Gasteiger partial charge >= 0.3 is 0 Å². The first-order chi connectivity index (χ1) is 10.6. The molecule has 122 valence electrons. The number of rotatable bonds is 10. The van der Waals surface area contributed by atoms with Crippen LogP contribution >= 0.6 is 62.4 Å². The van der Waals surface area contributed by atoms with Gasteiger partial charge in [0.15, 0.2) is 12.7 Å². The Morgan fingerprint density at radius 2 is 2.00 bits per heavy atom. The summed E-state index contributed by atoms with van der Waals surface area (Å²) in [5.41, 5.74) is 1.10. The third-order valence-electron chi connectivity index (χ3n) is 3.04. The Balaban J connectivity index is 1.54. The van der Waals surface area contributed by atoms with Crippen LogP contribution < -0.4 is 0 Å². The van der Waals surface area contributed by atoms with Crippen molar-refractivity contribution in [1.82, 2.24) is 4.98 Å². The molecular formula is C13H19NOS6Si. The fourth-order valence-electron chi connectivity index (χ4n) is 1.65. The molecule has 22 heavy (non-hydrogen) atoms. The molecule has 0 aliphatic carbocycles. The summed E-state index contributed by atoms with van der Waals surface area (Å²) in [6.07, 6.45) is 1.25. The summed E-state index contributed by atoms with van der Waals surface area (Å²) >= 11 is 1.77. The van der Waals surface area contributed by atoms with Crippen LogP contribution in [0.2, 0.25) is 19.1 Å². The number of hydrogen-bond donors (Lipinski definition) is 0. The molecule has 1 aromatic carbocycles. The summed E-state index contributed by atoms with van der Waals surface area (Å²) in [6.45, 7) is 4.56. The number of fused-ring (bicyclic) bond motifs is 1. The molecule has 0 aliphatic heterocycles. The molecule has 0 amide bonds. The average Bonchev–Trinajstić information content (AvgIpc) is 2.92. The van der Waals surface area contributed by atoms with Crippen molar-refractivity contribution in [2.24, 2.45) is 0 Å². The lowest BCUT2D eigenvalue weighted by atomic mass is 10.3. The van der Waals surface area contributed by atoms with Crippen molar-refractivity contribution in [3.63, 3.8) is 0 Å². The molecule has 0 unspecified atom stereocenters. The highest BCUT2D eigenvalue weighted by molar-refractivity contribution is 9.35. The van der Waals surface area contributed by atoms with E-state index in [-0.39, 0.29) is 0 Å². The van der Waals surface area contributed by atoms with E-state index in [2.05, 4.69) is 36.3 Å². The first kappa shape index (κ1) is 19.4. The molecule has 0 N–H and O–H groups in total. The van der Waals surface area contributed by atoms with Gasteiger partial charge < -0.3 is 4.43 Å². The van der Waals surface area contributed by atoms with Crippen molar-refractivity contribution >= 4 is 80.9 Å². The summed E-state index contributed by atoms with van der Waals surface area (Å²) in [5.74, 6) is 1.20. The Kier molecular flexibility index (Phi) is 8.91. The molecule has 2 rings (SSSR count). The van der Waals surface area contributed by atoms with Gasteiger partial charge in [-0.3, -0.25) is 0 Å². The van der Waals surface area contributed by atoms with Crippen LogP contribution in [0.25, 0.3) is 10.2 Å². The molecule has 0 aliphatic rings. The fourth-order valence-corrected chi connectivity index (χ4v) is 13.2. The van der Waals surface area contributed by atoms with Crippen molar-refractivity contribution in [3.05, 3.63) is 24.3 Å². The largest absolute Gasteiger partial charge is 0.420 e. The van der Waals surface area contributed by atoms with Crippen molar-refractivity contribution in [1.29, 1.82) is 0 Å². The highest BCUT2D eigenvalue weighted by Crippen LogP contribution is 2.51. The normalized spacial score (nSPS) is 12.1. The molecule has 0 saturated heterocycles. The smallest absolute Gasteiger partial charge is 0.186 e. The highest BCUT2D eigenvalue weighted by atomic mass is 33.8. The van der Waals surface area contributed by atoms with Gasteiger partial charge in [-0.1, -0.05) is 22.9 Å². The lowest BCUT2D eigenvalue weighted by Gasteiger charge is -2.19. The molecule has 0 bridgehead atoms. The second-order valence-corrected chi connectivity index (χ2v) is 18.6. The minimum atomic E-state index is -1.36. The van der Waals surface area contributed by atoms with Crippen LogP contribution in [-0.2, 0) is 4.43 Å². The molecule has 0 radical (unpaired) electrons. The number of hydrogen-bond acceptors (Lipinski definition) is 8. The zero-order valence-corrected chi connectivity index (χ0v) is 18.6. The fraction of sp³-hybridized carbons (Fsp3) is 0.462. The van der Waals surface area contributed by atoms with Crippen LogP contribution in [0.4, 0.5) is 0 Å². The van der Waals surface area contributed by atoms with Gasteiger partial charge in [0.1, 0.15) is 0 Å². The Labute approximate surface area is 156 Å². The molecule has 1 heterocycles. The standard InChI is InChI=1S/C13H19NOS6Si/c1-15-22(2,3)10-6-9-16-19-21-20-18-13-14-11-7-4-5-8-12(11)17-13/h4-5,7-8H,6,9-10H2,1-3H3. The molecule has 0 fully saturated rings. The topological polar surface area (TPSA) is 22.1 Å². The van der Waals surface area contributed by atoms with Gasteiger partial charge in [-0.05, 0) is 78.0 Å². The predicted octanol–water partition coefficient (Wildman–Crippen LogP) is 7.22. The molecular weight excluding hydrogens is 407 g/mol. The third kappa shape index (κ3) is 6.88. The Morgan fingerprint density at radius 1 is 1.18 bits per heavy atom. The zero-order valence-electron chi connectivity index (χ0n) is 12.7. The van der Waals surface area contributed by atoms with Crippen LogP contribution in [0.3, 0.4) is 0 Å². The summed E-state index contributed by atoms with van der Waals surface area (Å²) in [7, 11) is 9.67. The molecule has 1 aromatic heterocycles. The monoisotopic (exact) mass is 425 g/mol. The predicted molar refractivity (Wildman–Crippen MR) is 115 cm³/mol. The van der Waals surface area contributed by atoms with Crippen LogP contribution in [0.15, 0.2) is 28.6 Å². The van der Waals surface area contributed by atoms with Crippen LogP contribution in [-0.4, -0.2) is 26.2 Å². The maximum absolute atomic E-state index is 5.56.